The average molecular weight is 528 g/mol. The van der Waals surface area contributed by atoms with Gasteiger partial charge in [-0.1, -0.05) is 6.92 Å². The van der Waals surface area contributed by atoms with Crippen molar-refractivity contribution in [3.63, 3.8) is 0 Å². The highest BCUT2D eigenvalue weighted by Gasteiger charge is 2.40. The Morgan fingerprint density at radius 3 is 2.50 bits per heavy atom. The highest BCUT2D eigenvalue weighted by molar-refractivity contribution is 5.94. The summed E-state index contributed by atoms with van der Waals surface area (Å²) in [4.78, 5) is 21.6. The normalized spacial score (nSPS) is 21.9. The van der Waals surface area contributed by atoms with Gasteiger partial charge in [-0.15, -0.1) is 0 Å². The number of amides is 1. The van der Waals surface area contributed by atoms with Gasteiger partial charge in [0.05, 0.1) is 37.0 Å². The summed E-state index contributed by atoms with van der Waals surface area (Å²) in [6, 6.07) is 8.96. The number of carbonyl (C=O) groups excluding carboxylic acids is 1. The molecule has 0 unspecified atom stereocenters. The van der Waals surface area contributed by atoms with E-state index in [9.17, 15) is 18.0 Å². The highest BCUT2D eigenvalue weighted by Crippen LogP contribution is 2.43. The molecule has 1 aliphatic heterocycles. The quantitative estimate of drug-likeness (QED) is 0.399. The summed E-state index contributed by atoms with van der Waals surface area (Å²) in [6.07, 6.45) is 3.02. The van der Waals surface area contributed by atoms with E-state index in [1.54, 1.807) is 18.3 Å². The van der Waals surface area contributed by atoms with E-state index in [-0.39, 0.29) is 29.2 Å². The number of hydrogen-bond donors (Lipinski definition) is 1. The Labute approximate surface area is 220 Å². The number of carbonyl (C=O) groups is 1. The lowest BCUT2D eigenvalue weighted by atomic mass is 9.71. The van der Waals surface area contributed by atoms with Crippen molar-refractivity contribution >= 4 is 16.8 Å². The molecule has 1 N–H and O–H groups in total. The summed E-state index contributed by atoms with van der Waals surface area (Å²) < 4.78 is 50.7. The van der Waals surface area contributed by atoms with Crippen LogP contribution in [0.15, 0.2) is 48.8 Å². The van der Waals surface area contributed by atoms with Crippen LogP contribution in [0.2, 0.25) is 0 Å². The lowest BCUT2D eigenvalue weighted by Crippen LogP contribution is -2.50. The number of benzene rings is 1. The van der Waals surface area contributed by atoms with Crippen LogP contribution >= 0.6 is 0 Å². The zero-order chi connectivity index (χ0) is 26.9. The van der Waals surface area contributed by atoms with Gasteiger partial charge in [0.1, 0.15) is 0 Å². The lowest BCUT2D eigenvalue weighted by Gasteiger charge is -2.44. The molecule has 2 aliphatic rings. The minimum absolute atomic E-state index is 0.0161. The van der Waals surface area contributed by atoms with Gasteiger partial charge in [0.2, 0.25) is 5.88 Å². The molecule has 1 atom stereocenters. The summed E-state index contributed by atoms with van der Waals surface area (Å²) in [5.74, 6) is 0.681. The topological polar surface area (TPSA) is 73.3 Å². The molecule has 0 bridgehead atoms. The van der Waals surface area contributed by atoms with E-state index in [0.29, 0.717) is 35.6 Å². The molecule has 1 aromatic carbocycles. The van der Waals surface area contributed by atoms with E-state index < -0.39 is 11.7 Å². The van der Waals surface area contributed by atoms with Crippen LogP contribution in [0, 0.1) is 11.3 Å². The third kappa shape index (κ3) is 5.62. The number of methoxy groups -OCH3 is 1. The van der Waals surface area contributed by atoms with Crippen molar-refractivity contribution in [1.82, 2.24) is 15.3 Å². The van der Waals surface area contributed by atoms with Gasteiger partial charge >= 0.3 is 6.18 Å². The fraction of sp³-hybridized carbons (Fsp3) is 0.483. The maximum atomic E-state index is 13.4. The minimum atomic E-state index is -4.40. The first-order chi connectivity index (χ1) is 18.1. The van der Waals surface area contributed by atoms with Crippen molar-refractivity contribution in [3.05, 3.63) is 65.5 Å². The first-order valence-electron chi connectivity index (χ1n) is 13.0. The molecule has 38 heavy (non-hydrogen) atoms. The van der Waals surface area contributed by atoms with Gasteiger partial charge in [-0.3, -0.25) is 9.78 Å². The molecule has 3 heterocycles. The third-order valence-electron chi connectivity index (χ3n) is 8.02. The standard InChI is InChI=1S/C29H32F3N3O3/c1-28(16-38-17-28)14-25(35-27(36)20-7-10-26(37-2)34-15-20)19-5-3-18(4-6-19)22-11-12-33-24-9-8-21(13-23(22)24)29(30,31)32/h7-13,15,18-19,25H,3-6,14,16-17H2,1-2H3,(H,35,36)/t18-,19-,25-/m0/s1. The van der Waals surface area contributed by atoms with Gasteiger partial charge in [-0.25, -0.2) is 4.98 Å². The van der Waals surface area contributed by atoms with E-state index in [1.165, 1.54) is 25.4 Å². The number of hydrogen-bond acceptors (Lipinski definition) is 5. The van der Waals surface area contributed by atoms with Crippen LogP contribution in [0.3, 0.4) is 0 Å². The summed E-state index contributed by atoms with van der Waals surface area (Å²) in [6.45, 7) is 3.52. The van der Waals surface area contributed by atoms with E-state index in [2.05, 4.69) is 22.2 Å². The van der Waals surface area contributed by atoms with E-state index >= 15 is 0 Å². The predicted molar refractivity (Wildman–Crippen MR) is 137 cm³/mol. The van der Waals surface area contributed by atoms with Crippen molar-refractivity contribution in [2.45, 2.75) is 57.2 Å². The molecule has 2 fully saturated rings. The Bertz CT molecular complexity index is 1280. The second-order valence-corrected chi connectivity index (χ2v) is 10.9. The Morgan fingerprint density at radius 2 is 1.89 bits per heavy atom. The zero-order valence-electron chi connectivity index (χ0n) is 21.6. The van der Waals surface area contributed by atoms with Gasteiger partial charge in [-0.2, -0.15) is 13.2 Å². The Balaban J connectivity index is 1.32. The van der Waals surface area contributed by atoms with Gasteiger partial charge in [-0.05, 0) is 79.8 Å². The van der Waals surface area contributed by atoms with Gasteiger partial charge < -0.3 is 14.8 Å². The maximum Gasteiger partial charge on any atom is 0.416 e. The number of nitrogens with one attached hydrogen (secondary N) is 1. The molecule has 1 aliphatic carbocycles. The van der Waals surface area contributed by atoms with Gasteiger partial charge in [0, 0.05) is 35.3 Å². The number of alkyl halides is 3. The molecule has 9 heteroatoms. The molecule has 1 saturated heterocycles. The molecule has 0 radical (unpaired) electrons. The second kappa shape index (κ2) is 10.5. The first kappa shape index (κ1) is 26.4. The number of ether oxygens (including phenoxy) is 2. The Hall–Kier alpha value is -3.20. The van der Waals surface area contributed by atoms with Crippen molar-refractivity contribution in [3.8, 4) is 5.88 Å². The molecule has 6 nitrogen and oxygen atoms in total. The van der Waals surface area contributed by atoms with Crippen LogP contribution in [0.5, 0.6) is 5.88 Å². The van der Waals surface area contributed by atoms with Crippen LogP contribution in [0.25, 0.3) is 10.9 Å². The van der Waals surface area contributed by atoms with Crippen LogP contribution in [0.1, 0.15) is 66.4 Å². The molecule has 202 valence electrons. The summed E-state index contributed by atoms with van der Waals surface area (Å²) in [5.41, 5.74) is 1.34. The lowest BCUT2D eigenvalue weighted by molar-refractivity contribution is -0.137. The summed E-state index contributed by atoms with van der Waals surface area (Å²) in [5, 5.41) is 3.83. The molecule has 1 amide bonds. The number of pyridine rings is 2. The van der Waals surface area contributed by atoms with Gasteiger partial charge in [0.15, 0.2) is 0 Å². The average Bonchev–Trinajstić information content (AvgIpc) is 2.90. The number of halogens is 3. The number of aromatic nitrogens is 2. The summed E-state index contributed by atoms with van der Waals surface area (Å²) in [7, 11) is 1.53. The van der Waals surface area contributed by atoms with E-state index in [0.717, 1.165) is 43.7 Å². The molecule has 3 aromatic rings. The second-order valence-electron chi connectivity index (χ2n) is 10.9. The fourth-order valence-electron chi connectivity index (χ4n) is 5.85. The fourth-order valence-corrected chi connectivity index (χ4v) is 5.85. The minimum Gasteiger partial charge on any atom is -0.481 e. The van der Waals surface area contributed by atoms with Crippen LogP contribution in [-0.4, -0.2) is 42.2 Å². The molecule has 5 rings (SSSR count). The largest absolute Gasteiger partial charge is 0.481 e. The number of rotatable bonds is 7. The SMILES string of the molecule is COc1ccc(C(=O)N[C@@H](CC2(C)COC2)[C@H]2CC[C@H](c3ccnc4ccc(C(F)(F)F)cc43)CC2)cn1. The van der Waals surface area contributed by atoms with E-state index in [1.807, 2.05) is 6.07 Å². The highest BCUT2D eigenvalue weighted by atomic mass is 19.4. The monoisotopic (exact) mass is 527 g/mol. The zero-order valence-corrected chi connectivity index (χ0v) is 21.6. The van der Waals surface area contributed by atoms with Crippen molar-refractivity contribution in [2.75, 3.05) is 20.3 Å². The van der Waals surface area contributed by atoms with Crippen molar-refractivity contribution in [1.29, 1.82) is 0 Å². The van der Waals surface area contributed by atoms with Crippen LogP contribution < -0.4 is 10.1 Å². The van der Waals surface area contributed by atoms with Crippen molar-refractivity contribution < 1.29 is 27.4 Å². The molecule has 1 saturated carbocycles. The van der Waals surface area contributed by atoms with Gasteiger partial charge in [0.25, 0.3) is 5.91 Å². The maximum absolute atomic E-state index is 13.4. The first-order valence-corrected chi connectivity index (χ1v) is 13.0. The van der Waals surface area contributed by atoms with Crippen LogP contribution in [0.4, 0.5) is 13.2 Å². The van der Waals surface area contributed by atoms with E-state index in [4.69, 9.17) is 9.47 Å². The Morgan fingerprint density at radius 1 is 1.13 bits per heavy atom. The number of fused-ring (bicyclic) bond motifs is 1. The smallest absolute Gasteiger partial charge is 0.416 e. The molecule has 2 aromatic heterocycles. The molecular formula is C29H32F3N3O3. The summed E-state index contributed by atoms with van der Waals surface area (Å²) >= 11 is 0. The van der Waals surface area contributed by atoms with Crippen molar-refractivity contribution in [2.24, 2.45) is 11.3 Å². The molecule has 0 spiro atoms. The molecular weight excluding hydrogens is 495 g/mol. The predicted octanol–water partition coefficient (Wildman–Crippen LogP) is 6.16. The van der Waals surface area contributed by atoms with Crippen LogP contribution in [-0.2, 0) is 10.9 Å². The Kier molecular flexibility index (Phi) is 7.31. The number of nitrogens with zero attached hydrogens (tertiary/aromatic N) is 2. The third-order valence-corrected chi connectivity index (χ3v) is 8.02.